The number of hydrogen-bond donors (Lipinski definition) is 2. The van der Waals surface area contributed by atoms with E-state index in [0.29, 0.717) is 16.5 Å². The van der Waals surface area contributed by atoms with Gasteiger partial charge < -0.3 is 29.6 Å². The maximum absolute atomic E-state index is 12.3. The fourth-order valence-corrected chi connectivity index (χ4v) is 2.61. The molecule has 0 spiro atoms. The Labute approximate surface area is 189 Å². The van der Waals surface area contributed by atoms with E-state index in [2.05, 4.69) is 16.6 Å². The highest BCUT2D eigenvalue weighted by Crippen LogP contribution is 2.29. The molecule has 2 N–H and O–H groups in total. The second-order valence-electron chi connectivity index (χ2n) is 6.10. The highest BCUT2D eigenvalue weighted by atomic mass is 35.5. The van der Waals surface area contributed by atoms with Crippen LogP contribution in [0, 0.1) is 12.3 Å². The van der Waals surface area contributed by atoms with Gasteiger partial charge in [-0.1, -0.05) is 17.5 Å². The van der Waals surface area contributed by atoms with Gasteiger partial charge in [0.2, 0.25) is 0 Å². The highest BCUT2D eigenvalue weighted by Gasteiger charge is 2.15. The number of nitrogens with one attached hydrogen (secondary N) is 2. The predicted octanol–water partition coefficient (Wildman–Crippen LogP) is 2.28. The summed E-state index contributed by atoms with van der Waals surface area (Å²) in [6.45, 7) is -0.784. The van der Waals surface area contributed by atoms with Crippen LogP contribution in [0.4, 0.5) is 5.69 Å². The first kappa shape index (κ1) is 24.4. The Hall–Kier alpha value is -3.90. The van der Waals surface area contributed by atoms with Crippen molar-refractivity contribution in [3.05, 3.63) is 47.0 Å². The molecule has 0 aliphatic carbocycles. The Morgan fingerprint density at radius 1 is 0.969 bits per heavy atom. The number of esters is 1. The van der Waals surface area contributed by atoms with Crippen LogP contribution in [0.25, 0.3) is 0 Å². The molecule has 0 saturated heterocycles. The summed E-state index contributed by atoms with van der Waals surface area (Å²) in [5.41, 5.74) is 0.525. The molecule has 0 saturated carbocycles. The van der Waals surface area contributed by atoms with Gasteiger partial charge in [0.15, 0.2) is 24.7 Å². The molecule has 0 atom stereocenters. The minimum absolute atomic E-state index is 0.0356. The molecule has 9 nitrogen and oxygen atoms in total. The smallest absolute Gasteiger partial charge is 0.338 e. The van der Waals surface area contributed by atoms with Crippen LogP contribution in [0.1, 0.15) is 10.4 Å². The molecule has 168 valence electrons. The molecule has 2 aromatic carbocycles. The number of ether oxygens (including phenoxy) is 4. The SMILES string of the molecule is C#CCNC(=O)COC(=O)c1ccc(OCC(=O)Nc2cc(Cl)ccc2OC)c(OC)c1. The monoisotopic (exact) mass is 460 g/mol. The van der Waals surface area contributed by atoms with Gasteiger partial charge in [0.1, 0.15) is 5.75 Å². The van der Waals surface area contributed by atoms with E-state index in [4.69, 9.17) is 37.0 Å². The van der Waals surface area contributed by atoms with Gasteiger partial charge >= 0.3 is 5.97 Å². The lowest BCUT2D eigenvalue weighted by atomic mass is 10.2. The predicted molar refractivity (Wildman–Crippen MR) is 117 cm³/mol. The molecular weight excluding hydrogens is 440 g/mol. The molecule has 0 unspecified atom stereocenters. The number of amides is 2. The van der Waals surface area contributed by atoms with Gasteiger partial charge in [-0.3, -0.25) is 9.59 Å². The summed E-state index contributed by atoms with van der Waals surface area (Å²) in [7, 11) is 2.85. The standard InChI is InChI=1S/C22H21ClN2O7/c1-4-9-24-20(26)12-32-22(28)14-5-7-18(19(10-14)30-3)31-13-21(27)25-16-11-15(23)6-8-17(16)29-2/h1,5-8,10-11H,9,12-13H2,2-3H3,(H,24,26)(H,25,27). The molecule has 0 bridgehead atoms. The van der Waals surface area contributed by atoms with E-state index in [0.717, 1.165) is 0 Å². The number of rotatable bonds is 10. The van der Waals surface area contributed by atoms with Gasteiger partial charge in [-0.25, -0.2) is 4.79 Å². The Morgan fingerprint density at radius 2 is 1.69 bits per heavy atom. The van der Waals surface area contributed by atoms with Gasteiger partial charge in [0, 0.05) is 5.02 Å². The molecule has 0 aromatic heterocycles. The van der Waals surface area contributed by atoms with Gasteiger partial charge in [-0.15, -0.1) is 6.42 Å². The number of benzene rings is 2. The largest absolute Gasteiger partial charge is 0.495 e. The molecule has 2 amide bonds. The maximum atomic E-state index is 12.3. The zero-order chi connectivity index (χ0) is 23.5. The first-order chi connectivity index (χ1) is 15.4. The number of methoxy groups -OCH3 is 2. The number of carbonyl (C=O) groups is 3. The third kappa shape index (κ3) is 7.11. The first-order valence-electron chi connectivity index (χ1n) is 9.19. The van der Waals surface area contributed by atoms with Gasteiger partial charge in [-0.05, 0) is 36.4 Å². The zero-order valence-electron chi connectivity index (χ0n) is 17.4. The van der Waals surface area contributed by atoms with Crippen LogP contribution in [0.5, 0.6) is 17.2 Å². The minimum Gasteiger partial charge on any atom is -0.495 e. The van der Waals surface area contributed by atoms with Crippen molar-refractivity contribution in [3.8, 4) is 29.6 Å². The van der Waals surface area contributed by atoms with Crippen molar-refractivity contribution < 1.29 is 33.3 Å². The van der Waals surface area contributed by atoms with Gasteiger partial charge in [0.25, 0.3) is 11.8 Å². The summed E-state index contributed by atoms with van der Waals surface area (Å²) in [6.07, 6.45) is 5.04. The van der Waals surface area contributed by atoms with E-state index in [1.165, 1.54) is 32.4 Å². The Balaban J connectivity index is 1.97. The second kappa shape index (κ2) is 12.1. The fraction of sp³-hybridized carbons (Fsp3) is 0.227. The Kier molecular flexibility index (Phi) is 9.20. The summed E-state index contributed by atoms with van der Waals surface area (Å²) in [6, 6.07) is 9.03. The molecule has 2 rings (SSSR count). The zero-order valence-corrected chi connectivity index (χ0v) is 18.2. The number of anilines is 1. The number of carbonyl (C=O) groups excluding carboxylic acids is 3. The van der Waals surface area contributed by atoms with E-state index in [-0.39, 0.29) is 30.2 Å². The Bertz CT molecular complexity index is 1030. The average molecular weight is 461 g/mol. The quantitative estimate of drug-likeness (QED) is 0.413. The van der Waals surface area contributed by atoms with E-state index >= 15 is 0 Å². The van der Waals surface area contributed by atoms with Crippen LogP contribution >= 0.6 is 11.6 Å². The summed E-state index contributed by atoms with van der Waals surface area (Å²) < 4.78 is 20.8. The van der Waals surface area contributed by atoms with Crippen molar-refractivity contribution in [2.45, 2.75) is 0 Å². The number of halogens is 1. The normalized spacial score (nSPS) is 9.81. The lowest BCUT2D eigenvalue weighted by Gasteiger charge is -2.13. The Morgan fingerprint density at radius 3 is 2.38 bits per heavy atom. The van der Waals surface area contributed by atoms with Crippen LogP contribution in [0.3, 0.4) is 0 Å². The van der Waals surface area contributed by atoms with Crippen LogP contribution in [-0.2, 0) is 14.3 Å². The van der Waals surface area contributed by atoms with Crippen molar-refractivity contribution in [1.82, 2.24) is 5.32 Å². The summed E-state index contributed by atoms with van der Waals surface area (Å²) >= 11 is 5.95. The lowest BCUT2D eigenvalue weighted by Crippen LogP contribution is -2.29. The van der Waals surface area contributed by atoms with Gasteiger partial charge in [0.05, 0.1) is 32.0 Å². The first-order valence-corrected chi connectivity index (χ1v) is 9.57. The van der Waals surface area contributed by atoms with E-state index in [1.807, 2.05) is 0 Å². The third-order valence-electron chi connectivity index (χ3n) is 3.92. The molecule has 0 aliphatic rings. The molecule has 2 aromatic rings. The van der Waals surface area contributed by atoms with Crippen molar-refractivity contribution >= 4 is 35.1 Å². The molecule has 0 fully saturated rings. The highest BCUT2D eigenvalue weighted by molar-refractivity contribution is 6.31. The van der Waals surface area contributed by atoms with Crippen LogP contribution in [-0.4, -0.2) is 51.8 Å². The third-order valence-corrected chi connectivity index (χ3v) is 4.15. The van der Waals surface area contributed by atoms with E-state index in [1.54, 1.807) is 18.2 Å². The fourth-order valence-electron chi connectivity index (χ4n) is 2.44. The molecule has 10 heteroatoms. The summed E-state index contributed by atoms with van der Waals surface area (Å²) in [5.74, 6) is 1.38. The lowest BCUT2D eigenvalue weighted by molar-refractivity contribution is -0.124. The van der Waals surface area contributed by atoms with E-state index < -0.39 is 24.4 Å². The average Bonchev–Trinajstić information content (AvgIpc) is 2.79. The van der Waals surface area contributed by atoms with Crippen LogP contribution in [0.15, 0.2) is 36.4 Å². The maximum Gasteiger partial charge on any atom is 0.338 e. The van der Waals surface area contributed by atoms with Crippen molar-refractivity contribution in [2.24, 2.45) is 0 Å². The molecule has 0 heterocycles. The summed E-state index contributed by atoms with van der Waals surface area (Å²) in [4.78, 5) is 35.9. The molecule has 0 radical (unpaired) electrons. The molecule has 32 heavy (non-hydrogen) atoms. The second-order valence-corrected chi connectivity index (χ2v) is 6.54. The van der Waals surface area contributed by atoms with Crippen LogP contribution < -0.4 is 24.8 Å². The number of terminal acetylenes is 1. The van der Waals surface area contributed by atoms with E-state index in [9.17, 15) is 14.4 Å². The van der Waals surface area contributed by atoms with Crippen molar-refractivity contribution in [2.75, 3.05) is 39.3 Å². The minimum atomic E-state index is -0.739. The van der Waals surface area contributed by atoms with Crippen LogP contribution in [0.2, 0.25) is 5.02 Å². The number of hydrogen-bond acceptors (Lipinski definition) is 7. The van der Waals surface area contributed by atoms with Crippen molar-refractivity contribution in [1.29, 1.82) is 0 Å². The molecular formula is C22H21ClN2O7. The van der Waals surface area contributed by atoms with Gasteiger partial charge in [-0.2, -0.15) is 0 Å². The van der Waals surface area contributed by atoms with Crippen molar-refractivity contribution in [3.63, 3.8) is 0 Å². The molecule has 0 aliphatic heterocycles. The summed E-state index contributed by atoms with van der Waals surface area (Å²) in [5, 5.41) is 5.45. The topological polar surface area (TPSA) is 112 Å².